The number of amides is 3. The summed E-state index contributed by atoms with van der Waals surface area (Å²) in [7, 11) is 3.74. The first-order valence-corrected chi connectivity index (χ1v) is 23.3. The van der Waals surface area contributed by atoms with Gasteiger partial charge in [0, 0.05) is 86.3 Å². The second-order valence-electron chi connectivity index (χ2n) is 18.7. The molecule has 3 aliphatic rings. The predicted molar refractivity (Wildman–Crippen MR) is 258 cm³/mol. The molecule has 13 heteroatoms. The van der Waals surface area contributed by atoms with E-state index in [9.17, 15) is 14.3 Å². The number of benzene rings is 4. The third-order valence-corrected chi connectivity index (χ3v) is 14.7. The molecular formula is C54H59F2N7O4. The van der Waals surface area contributed by atoms with Crippen molar-refractivity contribution in [3.8, 4) is 17.0 Å². The van der Waals surface area contributed by atoms with Crippen molar-refractivity contribution in [2.45, 2.75) is 77.9 Å². The molecule has 67 heavy (non-hydrogen) atoms. The number of piperidine rings is 1. The Labute approximate surface area is 391 Å². The van der Waals surface area contributed by atoms with Crippen molar-refractivity contribution in [3.63, 3.8) is 0 Å². The van der Waals surface area contributed by atoms with Crippen LogP contribution in [0, 0.1) is 19.7 Å². The fraction of sp³-hybridized carbons (Fsp3) is 0.352. The zero-order valence-electron chi connectivity index (χ0n) is 39.0. The summed E-state index contributed by atoms with van der Waals surface area (Å²) in [5.74, 6) is -0.242. The minimum atomic E-state index is -0.383. The van der Waals surface area contributed by atoms with E-state index < -0.39 is 0 Å². The maximum Gasteiger partial charge on any atom is 0.264 e. The van der Waals surface area contributed by atoms with Gasteiger partial charge in [0.05, 0.1) is 17.7 Å². The third-order valence-electron chi connectivity index (χ3n) is 14.7. The van der Waals surface area contributed by atoms with Crippen molar-refractivity contribution in [2.24, 2.45) is 14.1 Å². The Kier molecular flexibility index (Phi) is 12.5. The number of carbonyl (C=O) groups excluding carboxylic acids is 3. The van der Waals surface area contributed by atoms with E-state index >= 15 is 14.0 Å². The first kappa shape index (κ1) is 45.4. The maximum atomic E-state index is 15.6. The molecular weight excluding hydrogens is 849 g/mol. The number of fused-ring (bicyclic) bond motifs is 2. The lowest BCUT2D eigenvalue weighted by Gasteiger charge is -2.36. The maximum absolute atomic E-state index is 15.6. The van der Waals surface area contributed by atoms with E-state index in [-0.39, 0.29) is 54.3 Å². The van der Waals surface area contributed by atoms with Gasteiger partial charge in [-0.3, -0.25) is 19.3 Å². The predicted octanol–water partition coefficient (Wildman–Crippen LogP) is 8.92. The number of nitrogens with two attached hydrogens (primary N) is 1. The van der Waals surface area contributed by atoms with Gasteiger partial charge < -0.3 is 34.7 Å². The molecule has 3 amide bonds. The number of aromatic nitrogens is 2. The van der Waals surface area contributed by atoms with Gasteiger partial charge >= 0.3 is 0 Å². The molecule has 0 bridgehead atoms. The van der Waals surface area contributed by atoms with Crippen LogP contribution in [0.25, 0.3) is 11.3 Å². The highest BCUT2D eigenvalue weighted by Gasteiger charge is 2.34. The molecule has 3 N–H and O–H groups in total. The van der Waals surface area contributed by atoms with E-state index in [1.54, 1.807) is 40.1 Å². The zero-order chi connectivity index (χ0) is 47.3. The van der Waals surface area contributed by atoms with Crippen molar-refractivity contribution in [1.29, 1.82) is 0 Å². The van der Waals surface area contributed by atoms with Crippen molar-refractivity contribution in [2.75, 3.05) is 43.5 Å². The molecule has 1 saturated heterocycles. The summed E-state index contributed by atoms with van der Waals surface area (Å²) in [6.07, 6.45) is 2.84. The van der Waals surface area contributed by atoms with E-state index in [0.717, 1.165) is 48.3 Å². The van der Waals surface area contributed by atoms with Crippen LogP contribution in [0.1, 0.15) is 91.2 Å². The van der Waals surface area contributed by atoms with E-state index in [1.165, 1.54) is 11.6 Å². The van der Waals surface area contributed by atoms with Gasteiger partial charge in [-0.05, 0) is 147 Å². The smallest absolute Gasteiger partial charge is 0.264 e. The van der Waals surface area contributed by atoms with Gasteiger partial charge in [0.1, 0.15) is 24.1 Å². The second-order valence-corrected chi connectivity index (χ2v) is 18.7. The summed E-state index contributed by atoms with van der Waals surface area (Å²) >= 11 is 0. The Morgan fingerprint density at radius 3 is 2.22 bits per heavy atom. The van der Waals surface area contributed by atoms with Gasteiger partial charge in [-0.2, -0.15) is 0 Å². The second kappa shape index (κ2) is 18.5. The largest absolute Gasteiger partial charge is 0.508 e. The number of anilines is 3. The van der Waals surface area contributed by atoms with Gasteiger partial charge in [-0.15, -0.1) is 0 Å². The molecule has 0 radical (unpaired) electrons. The van der Waals surface area contributed by atoms with Crippen molar-refractivity contribution in [3.05, 3.63) is 153 Å². The monoisotopic (exact) mass is 907 g/mol. The summed E-state index contributed by atoms with van der Waals surface area (Å²) in [6.45, 7) is 8.55. The molecule has 5 heterocycles. The van der Waals surface area contributed by atoms with Crippen molar-refractivity contribution < 1.29 is 28.3 Å². The normalized spacial score (nSPS) is 16.5. The van der Waals surface area contributed by atoms with Crippen LogP contribution >= 0.6 is 0 Å². The fourth-order valence-corrected chi connectivity index (χ4v) is 10.4. The molecule has 0 saturated carbocycles. The number of phenols is 1. The minimum absolute atomic E-state index is 0.0474. The van der Waals surface area contributed by atoms with E-state index in [2.05, 4.69) is 30.0 Å². The molecule has 4 aromatic carbocycles. The summed E-state index contributed by atoms with van der Waals surface area (Å²) in [5, 5.41) is 10.2. The van der Waals surface area contributed by atoms with Crippen LogP contribution in [0.4, 0.5) is 26.0 Å². The number of carbonyl (C=O) groups is 3. The minimum Gasteiger partial charge on any atom is -0.508 e. The van der Waals surface area contributed by atoms with Crippen LogP contribution < -0.4 is 10.6 Å². The van der Waals surface area contributed by atoms with Gasteiger partial charge in [-0.1, -0.05) is 36.4 Å². The molecule has 1 fully saturated rings. The SMILES string of the molecule is Cc1c(N(C(=O)c2cc(-c3cc4c(cc3C(=O)N3Cc5ccccc5C[C@H]3C)CN(C(=O)Cc3ccc(C5CCN(CCF)CC5)c(F)c3)CC4)n(C)c2C)c2ccc(O)cc2)cc(N)n1C. The topological polar surface area (TPSA) is 120 Å². The number of alkyl halides is 1. The third kappa shape index (κ3) is 8.72. The zero-order valence-corrected chi connectivity index (χ0v) is 39.0. The highest BCUT2D eigenvalue weighted by atomic mass is 19.1. The number of aromatic hydroxyl groups is 1. The Balaban J connectivity index is 1.04. The van der Waals surface area contributed by atoms with Crippen LogP contribution in [0.5, 0.6) is 5.75 Å². The molecule has 6 aromatic rings. The van der Waals surface area contributed by atoms with Crippen LogP contribution in [0.15, 0.2) is 91.0 Å². The summed E-state index contributed by atoms with van der Waals surface area (Å²) in [5.41, 5.74) is 16.8. The lowest BCUT2D eigenvalue weighted by molar-refractivity contribution is -0.131. The number of likely N-dealkylation sites (tertiary alicyclic amines) is 1. The van der Waals surface area contributed by atoms with E-state index in [1.807, 2.05) is 78.4 Å². The number of halogens is 2. The van der Waals surface area contributed by atoms with Gasteiger partial charge in [0.15, 0.2) is 0 Å². The van der Waals surface area contributed by atoms with Gasteiger partial charge in [0.25, 0.3) is 11.8 Å². The van der Waals surface area contributed by atoms with Crippen molar-refractivity contribution in [1.82, 2.24) is 23.8 Å². The summed E-state index contributed by atoms with van der Waals surface area (Å²) < 4.78 is 32.3. The summed E-state index contributed by atoms with van der Waals surface area (Å²) in [4.78, 5) is 51.6. The molecule has 0 aliphatic carbocycles. The quantitative estimate of drug-likeness (QED) is 0.142. The Hall–Kier alpha value is -6.73. The lowest BCUT2D eigenvalue weighted by Crippen LogP contribution is -2.43. The van der Waals surface area contributed by atoms with E-state index in [0.29, 0.717) is 95.4 Å². The lowest BCUT2D eigenvalue weighted by atomic mass is 9.88. The Bertz CT molecular complexity index is 2880. The number of nitrogens with zero attached hydrogens (tertiary/aromatic N) is 6. The average molecular weight is 908 g/mol. The van der Waals surface area contributed by atoms with Gasteiger partial charge in [0.2, 0.25) is 5.91 Å². The molecule has 0 unspecified atom stereocenters. The van der Waals surface area contributed by atoms with Crippen LogP contribution in [-0.4, -0.2) is 85.6 Å². The highest BCUT2D eigenvalue weighted by molar-refractivity contribution is 6.13. The molecule has 11 nitrogen and oxygen atoms in total. The number of nitrogen functional groups attached to an aromatic ring is 1. The van der Waals surface area contributed by atoms with Gasteiger partial charge in [-0.25, -0.2) is 8.78 Å². The van der Waals surface area contributed by atoms with Crippen molar-refractivity contribution >= 4 is 34.9 Å². The van der Waals surface area contributed by atoms with E-state index in [4.69, 9.17) is 5.73 Å². The number of hydrogen-bond acceptors (Lipinski definition) is 6. The first-order valence-electron chi connectivity index (χ1n) is 23.3. The molecule has 2 aromatic heterocycles. The molecule has 9 rings (SSSR count). The number of hydrogen-bond donors (Lipinski definition) is 2. The molecule has 0 spiro atoms. The average Bonchev–Trinajstić information content (AvgIpc) is 3.76. The fourth-order valence-electron chi connectivity index (χ4n) is 10.4. The summed E-state index contributed by atoms with van der Waals surface area (Å²) in [6, 6.07) is 27.4. The Morgan fingerprint density at radius 1 is 0.806 bits per heavy atom. The standard InChI is InChI=1S/C54H59F2N7O4/c1-33-24-38-8-6-7-9-40(38)32-62(33)53(66)47-28-41-31-61(52(65)26-36-10-15-44(48(56)25-36)37-16-20-60(21-17-37)23-19-55)22-18-39(41)27-46(47)50-29-45(34(2)58(50)4)54(67)63(42-11-13-43(64)14-12-42)49-30-51(57)59(5)35(49)3/h6-15,25,27-30,33,37,64H,16-24,26,31-32,57H2,1-5H3/t33-/m1/s1. The number of phenolic OH excluding ortho intramolecular Hbond substituents is 1. The van der Waals surface area contributed by atoms with Crippen LogP contribution in [0.2, 0.25) is 0 Å². The molecule has 348 valence electrons. The molecule has 3 aliphatic heterocycles. The Morgan fingerprint density at radius 2 is 1.54 bits per heavy atom. The molecule has 1 atom stereocenters. The van der Waals surface area contributed by atoms with Crippen LogP contribution in [-0.2, 0) is 51.2 Å². The highest BCUT2D eigenvalue weighted by Crippen LogP contribution is 2.39. The number of rotatable bonds is 10. The first-order chi connectivity index (χ1) is 32.2. The van der Waals surface area contributed by atoms with Crippen LogP contribution in [0.3, 0.4) is 0 Å².